The van der Waals surface area contributed by atoms with E-state index < -0.39 is 5.82 Å². The summed E-state index contributed by atoms with van der Waals surface area (Å²) in [6.45, 7) is 4.81. The van der Waals surface area contributed by atoms with Gasteiger partial charge in [0, 0.05) is 18.4 Å². The molecule has 0 aliphatic heterocycles. The zero-order valence-electron chi connectivity index (χ0n) is 13.8. The van der Waals surface area contributed by atoms with Crippen LogP contribution in [0.3, 0.4) is 0 Å². The molecule has 0 spiro atoms. The summed E-state index contributed by atoms with van der Waals surface area (Å²) >= 11 is 0. The van der Waals surface area contributed by atoms with Crippen LogP contribution < -0.4 is 10.6 Å². The molecule has 2 rings (SSSR count). The Balaban J connectivity index is 1.81. The van der Waals surface area contributed by atoms with Crippen molar-refractivity contribution in [2.75, 3.05) is 11.9 Å². The smallest absolute Gasteiger partial charge is 0.227 e. The Morgan fingerprint density at radius 2 is 1.65 bits per heavy atom. The van der Waals surface area contributed by atoms with Crippen molar-refractivity contribution in [3.63, 3.8) is 0 Å². The third kappa shape index (κ3) is 5.05. The molecule has 1 fully saturated rings. The molecule has 4 nitrogen and oxygen atoms in total. The number of benzene rings is 1. The highest BCUT2D eigenvalue weighted by molar-refractivity contribution is 5.92. The minimum absolute atomic E-state index is 0.00809. The van der Waals surface area contributed by atoms with Crippen molar-refractivity contribution in [2.24, 2.45) is 17.8 Å². The van der Waals surface area contributed by atoms with Crippen LogP contribution in [0.15, 0.2) is 24.3 Å². The number of amides is 2. The van der Waals surface area contributed by atoms with Crippen molar-refractivity contribution in [3.8, 4) is 0 Å². The normalized spacial score (nSPS) is 21.0. The molecule has 1 aromatic rings. The van der Waals surface area contributed by atoms with Crippen LogP contribution in [0.1, 0.15) is 39.5 Å². The van der Waals surface area contributed by atoms with Crippen LogP contribution in [0.4, 0.5) is 10.1 Å². The van der Waals surface area contributed by atoms with Gasteiger partial charge in [-0.3, -0.25) is 9.59 Å². The van der Waals surface area contributed by atoms with Crippen LogP contribution >= 0.6 is 0 Å². The van der Waals surface area contributed by atoms with E-state index in [4.69, 9.17) is 0 Å². The number of nitrogens with one attached hydrogen (secondary N) is 2. The van der Waals surface area contributed by atoms with Crippen molar-refractivity contribution in [1.82, 2.24) is 5.32 Å². The Hall–Kier alpha value is -1.91. The highest BCUT2D eigenvalue weighted by Gasteiger charge is 2.30. The van der Waals surface area contributed by atoms with Crippen LogP contribution in [0.2, 0.25) is 0 Å². The lowest BCUT2D eigenvalue weighted by Crippen LogP contribution is -2.37. The predicted octanol–water partition coefficient (Wildman–Crippen LogP) is 3.34. The number of anilines is 1. The average molecular weight is 320 g/mol. The van der Waals surface area contributed by atoms with Crippen LogP contribution in [-0.2, 0) is 9.59 Å². The van der Waals surface area contributed by atoms with Crippen LogP contribution in [-0.4, -0.2) is 18.4 Å². The first kappa shape index (κ1) is 17.4. The van der Waals surface area contributed by atoms with Crippen molar-refractivity contribution < 1.29 is 14.0 Å². The van der Waals surface area contributed by atoms with E-state index in [1.807, 2.05) is 0 Å². The lowest BCUT2D eigenvalue weighted by molar-refractivity contribution is -0.128. The standard InChI is InChI=1S/C18H25FN2O2/c1-12(2)11-20-17(22)13-7-9-14(10-8-13)18(23)21-16-6-4-3-5-15(16)19/h3-6,12-14H,7-11H2,1-2H3,(H,20,22)(H,21,23). The maximum absolute atomic E-state index is 13.6. The van der Waals surface area contributed by atoms with Crippen LogP contribution in [0.25, 0.3) is 0 Å². The molecular formula is C18H25FN2O2. The van der Waals surface area contributed by atoms with Crippen LogP contribution in [0, 0.1) is 23.6 Å². The van der Waals surface area contributed by atoms with Gasteiger partial charge >= 0.3 is 0 Å². The Labute approximate surface area is 136 Å². The fourth-order valence-corrected chi connectivity index (χ4v) is 2.86. The first-order chi connectivity index (χ1) is 11.0. The van der Waals surface area contributed by atoms with Crippen molar-refractivity contribution in [1.29, 1.82) is 0 Å². The second-order valence-corrected chi connectivity index (χ2v) is 6.66. The van der Waals surface area contributed by atoms with E-state index in [1.54, 1.807) is 18.2 Å². The molecule has 1 aromatic carbocycles. The molecule has 1 saturated carbocycles. The quantitative estimate of drug-likeness (QED) is 0.874. The van der Waals surface area contributed by atoms with Gasteiger partial charge in [-0.15, -0.1) is 0 Å². The van der Waals surface area contributed by atoms with Gasteiger partial charge in [0.05, 0.1) is 5.69 Å². The monoisotopic (exact) mass is 320 g/mol. The summed E-state index contributed by atoms with van der Waals surface area (Å²) < 4.78 is 13.6. The highest BCUT2D eigenvalue weighted by Crippen LogP contribution is 2.30. The zero-order chi connectivity index (χ0) is 16.8. The molecule has 0 unspecified atom stereocenters. The van der Waals surface area contributed by atoms with E-state index in [0.29, 0.717) is 38.1 Å². The number of rotatable bonds is 5. The Morgan fingerprint density at radius 3 is 2.22 bits per heavy atom. The maximum atomic E-state index is 13.6. The fraction of sp³-hybridized carbons (Fsp3) is 0.556. The summed E-state index contributed by atoms with van der Waals surface area (Å²) in [5, 5.41) is 5.60. The highest BCUT2D eigenvalue weighted by atomic mass is 19.1. The van der Waals surface area contributed by atoms with E-state index in [1.165, 1.54) is 6.07 Å². The second kappa shape index (κ2) is 8.09. The summed E-state index contributed by atoms with van der Waals surface area (Å²) in [5.41, 5.74) is 0.217. The Bertz CT molecular complexity index is 552. The lowest BCUT2D eigenvalue weighted by atomic mass is 9.81. The fourth-order valence-electron chi connectivity index (χ4n) is 2.86. The number of carbonyl (C=O) groups excluding carboxylic acids is 2. The van der Waals surface area contributed by atoms with Gasteiger partial charge < -0.3 is 10.6 Å². The molecule has 0 bridgehead atoms. The first-order valence-corrected chi connectivity index (χ1v) is 8.30. The molecule has 2 N–H and O–H groups in total. The minimum atomic E-state index is -0.428. The molecule has 1 aliphatic carbocycles. The molecule has 5 heteroatoms. The van der Waals surface area contributed by atoms with Crippen LogP contribution in [0.5, 0.6) is 0 Å². The van der Waals surface area contributed by atoms with Gasteiger partial charge in [-0.25, -0.2) is 4.39 Å². The number of carbonyl (C=O) groups is 2. The number of para-hydroxylation sites is 1. The van der Waals surface area contributed by atoms with Crippen molar-refractivity contribution in [3.05, 3.63) is 30.1 Å². The zero-order valence-corrected chi connectivity index (χ0v) is 13.8. The van der Waals surface area contributed by atoms with Gasteiger partial charge in [0.2, 0.25) is 11.8 Å². The van der Waals surface area contributed by atoms with E-state index in [0.717, 1.165) is 0 Å². The van der Waals surface area contributed by atoms with E-state index in [-0.39, 0.29) is 29.3 Å². The molecule has 1 aliphatic rings. The molecular weight excluding hydrogens is 295 g/mol. The van der Waals surface area contributed by atoms with Gasteiger partial charge in [-0.2, -0.15) is 0 Å². The van der Waals surface area contributed by atoms with E-state index >= 15 is 0 Å². The largest absolute Gasteiger partial charge is 0.356 e. The topological polar surface area (TPSA) is 58.2 Å². The maximum Gasteiger partial charge on any atom is 0.227 e. The number of hydrogen-bond donors (Lipinski definition) is 2. The van der Waals surface area contributed by atoms with E-state index in [2.05, 4.69) is 24.5 Å². The molecule has 23 heavy (non-hydrogen) atoms. The summed E-state index contributed by atoms with van der Waals surface area (Å²) in [6.07, 6.45) is 2.75. The number of halogens is 1. The average Bonchev–Trinajstić information content (AvgIpc) is 2.54. The summed E-state index contributed by atoms with van der Waals surface area (Å²) in [6, 6.07) is 6.16. The van der Waals surface area contributed by atoms with Gasteiger partial charge in [0.1, 0.15) is 5.82 Å². The molecule has 0 saturated heterocycles. The molecule has 126 valence electrons. The van der Waals surface area contributed by atoms with Gasteiger partial charge in [0.15, 0.2) is 0 Å². The summed E-state index contributed by atoms with van der Waals surface area (Å²) in [7, 11) is 0. The van der Waals surface area contributed by atoms with Crippen molar-refractivity contribution in [2.45, 2.75) is 39.5 Å². The van der Waals surface area contributed by atoms with Gasteiger partial charge in [-0.05, 0) is 43.7 Å². The number of hydrogen-bond acceptors (Lipinski definition) is 2. The van der Waals surface area contributed by atoms with Gasteiger partial charge in [-0.1, -0.05) is 26.0 Å². The Kier molecular flexibility index (Phi) is 6.13. The van der Waals surface area contributed by atoms with Gasteiger partial charge in [0.25, 0.3) is 0 Å². The summed E-state index contributed by atoms with van der Waals surface area (Å²) in [5.74, 6) is -0.220. The van der Waals surface area contributed by atoms with Crippen molar-refractivity contribution >= 4 is 17.5 Å². The third-order valence-electron chi connectivity index (χ3n) is 4.29. The molecule has 0 aromatic heterocycles. The SMILES string of the molecule is CC(C)CNC(=O)C1CCC(C(=O)Nc2ccccc2F)CC1. The summed E-state index contributed by atoms with van der Waals surface area (Å²) in [4.78, 5) is 24.3. The minimum Gasteiger partial charge on any atom is -0.356 e. The third-order valence-corrected chi connectivity index (χ3v) is 4.29. The molecule has 0 atom stereocenters. The predicted molar refractivity (Wildman–Crippen MR) is 88.3 cm³/mol. The molecule has 0 radical (unpaired) electrons. The Morgan fingerprint density at radius 1 is 1.09 bits per heavy atom. The molecule has 2 amide bonds. The lowest BCUT2D eigenvalue weighted by Gasteiger charge is -2.27. The molecule has 0 heterocycles. The second-order valence-electron chi connectivity index (χ2n) is 6.66. The first-order valence-electron chi connectivity index (χ1n) is 8.30. The van der Waals surface area contributed by atoms with E-state index in [9.17, 15) is 14.0 Å².